The highest BCUT2D eigenvalue weighted by Crippen LogP contribution is 2.35. The van der Waals surface area contributed by atoms with Gasteiger partial charge in [-0.3, -0.25) is 4.79 Å². The molecule has 0 spiro atoms. The van der Waals surface area contributed by atoms with E-state index in [0.717, 1.165) is 11.1 Å². The van der Waals surface area contributed by atoms with Crippen LogP contribution < -0.4 is 24.3 Å². The number of fused-ring (bicyclic) bond motifs is 1. The lowest BCUT2D eigenvalue weighted by Crippen LogP contribution is -2.26. The summed E-state index contributed by atoms with van der Waals surface area (Å²) in [5.41, 5.74) is 2.42. The standard InChI is InChI=1S/C20H21NO5/c1-4-13-10-17-18(26-12-25-17)11-14(13)8-9-21-20(22)15-6-5-7-16(23-2)19(15)24-3/h4-7,10-11H,1,8-9,12H2,2-3H3,(H,21,22). The van der Waals surface area contributed by atoms with Gasteiger partial charge in [0.1, 0.15) is 0 Å². The molecule has 1 aliphatic heterocycles. The van der Waals surface area contributed by atoms with Gasteiger partial charge in [-0.15, -0.1) is 0 Å². The molecular formula is C20H21NO5. The summed E-state index contributed by atoms with van der Waals surface area (Å²) in [6.07, 6.45) is 2.40. The van der Waals surface area contributed by atoms with E-state index in [9.17, 15) is 4.79 Å². The molecule has 0 atom stereocenters. The highest BCUT2D eigenvalue weighted by Gasteiger charge is 2.18. The van der Waals surface area contributed by atoms with Crippen LogP contribution in [0.4, 0.5) is 0 Å². The average molecular weight is 355 g/mol. The molecule has 6 heteroatoms. The Morgan fingerprint density at radius 3 is 2.69 bits per heavy atom. The fraction of sp³-hybridized carbons (Fsp3) is 0.250. The summed E-state index contributed by atoms with van der Waals surface area (Å²) in [4.78, 5) is 12.5. The zero-order valence-electron chi connectivity index (χ0n) is 14.8. The van der Waals surface area contributed by atoms with Crippen molar-refractivity contribution in [1.82, 2.24) is 5.32 Å². The third-order valence-corrected chi connectivity index (χ3v) is 4.18. The number of carbonyl (C=O) groups excluding carboxylic acids is 1. The molecule has 136 valence electrons. The summed E-state index contributed by atoms with van der Waals surface area (Å²) in [5.74, 6) is 2.15. The molecule has 2 aromatic rings. The van der Waals surface area contributed by atoms with Crippen molar-refractivity contribution in [2.24, 2.45) is 0 Å². The van der Waals surface area contributed by atoms with Crippen LogP contribution in [0.5, 0.6) is 23.0 Å². The van der Waals surface area contributed by atoms with Crippen LogP contribution >= 0.6 is 0 Å². The number of para-hydroxylation sites is 1. The molecule has 1 heterocycles. The molecular weight excluding hydrogens is 334 g/mol. The van der Waals surface area contributed by atoms with Crippen LogP contribution in [-0.4, -0.2) is 33.5 Å². The third-order valence-electron chi connectivity index (χ3n) is 4.18. The monoisotopic (exact) mass is 355 g/mol. The van der Waals surface area contributed by atoms with Crippen LogP contribution in [0.15, 0.2) is 36.9 Å². The number of carbonyl (C=O) groups is 1. The van der Waals surface area contributed by atoms with E-state index in [1.165, 1.54) is 14.2 Å². The van der Waals surface area contributed by atoms with Gasteiger partial charge in [-0.2, -0.15) is 0 Å². The zero-order valence-corrected chi connectivity index (χ0v) is 14.8. The Morgan fingerprint density at radius 1 is 1.23 bits per heavy atom. The predicted octanol–water partition coefficient (Wildman–Crippen LogP) is 3.05. The Bertz CT molecular complexity index is 831. The van der Waals surface area contributed by atoms with Crippen LogP contribution in [0.25, 0.3) is 6.08 Å². The molecule has 6 nitrogen and oxygen atoms in total. The van der Waals surface area contributed by atoms with Gasteiger partial charge >= 0.3 is 0 Å². The van der Waals surface area contributed by atoms with Gasteiger partial charge in [-0.05, 0) is 41.8 Å². The van der Waals surface area contributed by atoms with Crippen LogP contribution in [-0.2, 0) is 6.42 Å². The second-order valence-electron chi connectivity index (χ2n) is 5.66. The number of rotatable bonds is 7. The zero-order chi connectivity index (χ0) is 18.5. The molecule has 2 aromatic carbocycles. The van der Waals surface area contributed by atoms with E-state index in [0.29, 0.717) is 41.5 Å². The summed E-state index contributed by atoms with van der Waals surface area (Å²) in [6.45, 7) is 4.52. The Labute approximate surface area is 152 Å². The Kier molecular flexibility index (Phi) is 5.31. The molecule has 0 saturated heterocycles. The van der Waals surface area contributed by atoms with Gasteiger partial charge in [0.25, 0.3) is 5.91 Å². The van der Waals surface area contributed by atoms with Crippen molar-refractivity contribution in [2.45, 2.75) is 6.42 Å². The lowest BCUT2D eigenvalue weighted by atomic mass is 10.0. The Hall–Kier alpha value is -3.15. The van der Waals surface area contributed by atoms with E-state index in [-0.39, 0.29) is 12.7 Å². The minimum atomic E-state index is -0.221. The summed E-state index contributed by atoms with van der Waals surface area (Å²) in [6, 6.07) is 9.03. The SMILES string of the molecule is C=Cc1cc2c(cc1CCNC(=O)c1cccc(OC)c1OC)OCO2. The highest BCUT2D eigenvalue weighted by atomic mass is 16.7. The van der Waals surface area contributed by atoms with E-state index in [1.54, 1.807) is 24.3 Å². The van der Waals surface area contributed by atoms with Crippen molar-refractivity contribution in [3.8, 4) is 23.0 Å². The number of benzene rings is 2. The van der Waals surface area contributed by atoms with E-state index in [2.05, 4.69) is 11.9 Å². The van der Waals surface area contributed by atoms with Crippen LogP contribution in [0.1, 0.15) is 21.5 Å². The summed E-state index contributed by atoms with van der Waals surface area (Å²) in [5, 5.41) is 2.91. The fourth-order valence-electron chi connectivity index (χ4n) is 2.88. The van der Waals surface area contributed by atoms with Gasteiger partial charge < -0.3 is 24.3 Å². The first kappa shape index (κ1) is 17.7. The van der Waals surface area contributed by atoms with Gasteiger partial charge in [-0.1, -0.05) is 18.7 Å². The molecule has 1 N–H and O–H groups in total. The van der Waals surface area contributed by atoms with Crippen molar-refractivity contribution < 1.29 is 23.7 Å². The number of hydrogen-bond donors (Lipinski definition) is 1. The number of nitrogens with one attached hydrogen (secondary N) is 1. The molecule has 3 rings (SSSR count). The lowest BCUT2D eigenvalue weighted by Gasteiger charge is -2.13. The first-order valence-corrected chi connectivity index (χ1v) is 8.22. The van der Waals surface area contributed by atoms with Gasteiger partial charge in [0.05, 0.1) is 19.8 Å². The summed E-state index contributed by atoms with van der Waals surface area (Å²) in [7, 11) is 3.05. The van der Waals surface area contributed by atoms with Gasteiger partial charge in [0.2, 0.25) is 6.79 Å². The lowest BCUT2D eigenvalue weighted by molar-refractivity contribution is 0.0950. The number of ether oxygens (including phenoxy) is 4. The molecule has 0 radical (unpaired) electrons. The maximum absolute atomic E-state index is 12.5. The summed E-state index contributed by atoms with van der Waals surface area (Å²) >= 11 is 0. The van der Waals surface area contributed by atoms with Crippen molar-refractivity contribution in [3.05, 3.63) is 53.6 Å². The second-order valence-corrected chi connectivity index (χ2v) is 5.66. The van der Waals surface area contributed by atoms with Crippen molar-refractivity contribution in [2.75, 3.05) is 27.6 Å². The van der Waals surface area contributed by atoms with Crippen molar-refractivity contribution in [1.29, 1.82) is 0 Å². The minimum Gasteiger partial charge on any atom is -0.493 e. The first-order valence-electron chi connectivity index (χ1n) is 8.22. The van der Waals surface area contributed by atoms with Gasteiger partial charge in [0.15, 0.2) is 23.0 Å². The molecule has 0 unspecified atom stereocenters. The number of methoxy groups -OCH3 is 2. The molecule has 0 saturated carbocycles. The largest absolute Gasteiger partial charge is 0.493 e. The smallest absolute Gasteiger partial charge is 0.255 e. The quantitative estimate of drug-likeness (QED) is 0.827. The molecule has 26 heavy (non-hydrogen) atoms. The van der Waals surface area contributed by atoms with Gasteiger partial charge in [0, 0.05) is 6.54 Å². The summed E-state index contributed by atoms with van der Waals surface area (Å²) < 4.78 is 21.3. The normalized spacial score (nSPS) is 11.8. The molecule has 0 aromatic heterocycles. The van der Waals surface area contributed by atoms with Crippen molar-refractivity contribution in [3.63, 3.8) is 0 Å². The van der Waals surface area contributed by atoms with Crippen molar-refractivity contribution >= 4 is 12.0 Å². The predicted molar refractivity (Wildman–Crippen MR) is 98.2 cm³/mol. The molecule has 1 amide bonds. The molecule has 1 aliphatic rings. The van der Waals surface area contributed by atoms with Crippen LogP contribution in [0.2, 0.25) is 0 Å². The van der Waals surface area contributed by atoms with Crippen LogP contribution in [0, 0.1) is 0 Å². The number of hydrogen-bond acceptors (Lipinski definition) is 5. The average Bonchev–Trinajstić information content (AvgIpc) is 3.13. The molecule has 0 fully saturated rings. The number of amides is 1. The molecule has 0 aliphatic carbocycles. The maximum Gasteiger partial charge on any atom is 0.255 e. The van der Waals surface area contributed by atoms with E-state index in [4.69, 9.17) is 18.9 Å². The third kappa shape index (κ3) is 3.44. The fourth-order valence-corrected chi connectivity index (χ4v) is 2.88. The Balaban J connectivity index is 1.69. The second kappa shape index (κ2) is 7.82. The highest BCUT2D eigenvalue weighted by molar-refractivity contribution is 5.97. The van der Waals surface area contributed by atoms with E-state index >= 15 is 0 Å². The molecule has 0 bridgehead atoms. The van der Waals surface area contributed by atoms with E-state index in [1.807, 2.05) is 12.1 Å². The topological polar surface area (TPSA) is 66.0 Å². The first-order chi connectivity index (χ1) is 12.7. The Morgan fingerprint density at radius 2 is 2.00 bits per heavy atom. The minimum absolute atomic E-state index is 0.221. The van der Waals surface area contributed by atoms with E-state index < -0.39 is 0 Å². The van der Waals surface area contributed by atoms with Gasteiger partial charge in [-0.25, -0.2) is 0 Å². The maximum atomic E-state index is 12.5. The van der Waals surface area contributed by atoms with Crippen LogP contribution in [0.3, 0.4) is 0 Å².